The highest BCUT2D eigenvalue weighted by atomic mass is 32.2. The summed E-state index contributed by atoms with van der Waals surface area (Å²) >= 11 is 0. The molecule has 0 fully saturated rings. The Morgan fingerprint density at radius 2 is 1.65 bits per heavy atom. The van der Waals surface area contributed by atoms with E-state index in [4.69, 9.17) is 4.74 Å². The highest BCUT2D eigenvalue weighted by Gasteiger charge is 2.22. The van der Waals surface area contributed by atoms with Crippen LogP contribution in [0.1, 0.15) is 44.3 Å². The summed E-state index contributed by atoms with van der Waals surface area (Å²) in [6, 6.07) is 11.7. The zero-order valence-corrected chi connectivity index (χ0v) is 16.1. The monoisotopic (exact) mass is 374 g/mol. The number of hydrogen-bond donors (Lipinski definition) is 0. The maximum Gasteiger partial charge on any atom is 0.338 e. The van der Waals surface area contributed by atoms with Gasteiger partial charge in [-0.2, -0.15) is 0 Å². The number of carbonyl (C=O) groups excluding carboxylic acids is 2. The fraction of sp³-hybridized carbons (Fsp3) is 0.300. The zero-order valence-electron chi connectivity index (χ0n) is 15.3. The second kappa shape index (κ2) is 7.83. The average Bonchev–Trinajstić information content (AvgIpc) is 2.55. The van der Waals surface area contributed by atoms with Gasteiger partial charge >= 0.3 is 5.97 Å². The molecule has 0 aliphatic heterocycles. The van der Waals surface area contributed by atoms with Crippen molar-refractivity contribution >= 4 is 21.6 Å². The lowest BCUT2D eigenvalue weighted by molar-refractivity contribution is 0.0318. The Morgan fingerprint density at radius 3 is 2.23 bits per heavy atom. The molecule has 0 heterocycles. The summed E-state index contributed by atoms with van der Waals surface area (Å²) in [7, 11) is -3.14. The van der Waals surface area contributed by atoms with Crippen molar-refractivity contribution in [2.24, 2.45) is 0 Å². The second-order valence-corrected chi connectivity index (χ2v) is 8.64. The van der Waals surface area contributed by atoms with E-state index in [0.29, 0.717) is 11.1 Å². The fourth-order valence-electron chi connectivity index (χ4n) is 2.54. The second-order valence-electron chi connectivity index (χ2n) is 6.50. The molecule has 2 aromatic carbocycles. The van der Waals surface area contributed by atoms with Gasteiger partial charge in [0, 0.05) is 11.8 Å². The third-order valence-corrected chi connectivity index (χ3v) is 4.79. The summed E-state index contributed by atoms with van der Waals surface area (Å²) in [6.07, 6.45) is 0.231. The number of sulfone groups is 1. The van der Waals surface area contributed by atoms with Crippen LogP contribution in [0.4, 0.5) is 0 Å². The lowest BCUT2D eigenvalue weighted by Crippen LogP contribution is -2.25. The lowest BCUT2D eigenvalue weighted by atomic mass is 9.99. The topological polar surface area (TPSA) is 77.5 Å². The number of esters is 1. The van der Waals surface area contributed by atoms with Crippen LogP contribution in [0.25, 0.3) is 0 Å². The number of benzene rings is 2. The number of rotatable bonds is 6. The molecule has 0 aliphatic carbocycles. The predicted molar refractivity (Wildman–Crippen MR) is 100 cm³/mol. The van der Waals surface area contributed by atoms with Crippen LogP contribution in [0.5, 0.6) is 0 Å². The van der Waals surface area contributed by atoms with Gasteiger partial charge in [-0.25, -0.2) is 13.2 Å². The van der Waals surface area contributed by atoms with Crippen LogP contribution in [-0.2, 0) is 20.3 Å². The molecule has 0 saturated carbocycles. The first-order valence-corrected chi connectivity index (χ1v) is 10.2. The number of carbonyl (C=O) groups is 2. The molecule has 2 rings (SSSR count). The first kappa shape index (κ1) is 19.8. The number of aryl methyl sites for hydroxylation is 2. The molecule has 0 amide bonds. The van der Waals surface area contributed by atoms with Crippen molar-refractivity contribution in [3.05, 3.63) is 70.3 Å². The van der Waals surface area contributed by atoms with E-state index in [1.165, 1.54) is 12.1 Å². The molecule has 0 saturated heterocycles. The lowest BCUT2D eigenvalue weighted by Gasteiger charge is -2.14. The van der Waals surface area contributed by atoms with Crippen LogP contribution < -0.4 is 0 Å². The van der Waals surface area contributed by atoms with Crippen molar-refractivity contribution < 1.29 is 22.7 Å². The van der Waals surface area contributed by atoms with Crippen LogP contribution in [-0.4, -0.2) is 32.5 Å². The molecule has 1 atom stereocenters. The third-order valence-electron chi connectivity index (χ3n) is 3.93. The molecule has 0 unspecified atom stereocenters. The minimum Gasteiger partial charge on any atom is -0.451 e. The zero-order chi connectivity index (χ0) is 19.5. The van der Waals surface area contributed by atoms with Gasteiger partial charge < -0.3 is 4.74 Å². The first-order chi connectivity index (χ1) is 12.1. The normalized spacial score (nSPS) is 12.5. The molecule has 6 heteroatoms. The SMILES string of the molecule is Cc1ccc(C)c(C(=O)[C@H](C)OC(=O)c2ccc(CS(C)(=O)=O)cc2)c1. The first-order valence-electron chi connectivity index (χ1n) is 8.16. The van der Waals surface area contributed by atoms with Gasteiger partial charge in [-0.3, -0.25) is 4.79 Å². The molecule has 5 nitrogen and oxygen atoms in total. The molecule has 0 aromatic heterocycles. The quantitative estimate of drug-likeness (QED) is 0.573. The molecule has 2 aromatic rings. The molecule has 138 valence electrons. The Labute approximate surface area is 153 Å². The van der Waals surface area contributed by atoms with Crippen LogP contribution in [0, 0.1) is 13.8 Å². The molecule has 0 aliphatic rings. The van der Waals surface area contributed by atoms with E-state index in [0.717, 1.165) is 17.4 Å². The molecule has 0 radical (unpaired) electrons. The van der Waals surface area contributed by atoms with E-state index in [1.807, 2.05) is 26.0 Å². The van der Waals surface area contributed by atoms with E-state index in [1.54, 1.807) is 25.1 Å². The minimum atomic E-state index is -3.14. The number of hydrogen-bond acceptors (Lipinski definition) is 5. The van der Waals surface area contributed by atoms with E-state index < -0.39 is 21.9 Å². The highest BCUT2D eigenvalue weighted by Crippen LogP contribution is 2.16. The predicted octanol–water partition coefficient (Wildman–Crippen LogP) is 3.28. The van der Waals surface area contributed by atoms with Crippen molar-refractivity contribution in [2.75, 3.05) is 6.26 Å². The van der Waals surface area contributed by atoms with Crippen LogP contribution in [0.15, 0.2) is 42.5 Å². The van der Waals surface area contributed by atoms with Gasteiger partial charge in [0.1, 0.15) is 0 Å². The minimum absolute atomic E-state index is 0.0934. The van der Waals surface area contributed by atoms with Crippen molar-refractivity contribution in [1.29, 1.82) is 0 Å². The van der Waals surface area contributed by atoms with Gasteiger partial charge in [0.2, 0.25) is 5.78 Å². The Balaban J connectivity index is 2.09. The summed E-state index contributed by atoms with van der Waals surface area (Å²) in [5.41, 5.74) is 3.17. The summed E-state index contributed by atoms with van der Waals surface area (Å²) in [6.45, 7) is 5.27. The standard InChI is InChI=1S/C20H22O5S/c1-13-5-6-14(2)18(11-13)19(21)15(3)25-20(22)17-9-7-16(8-10-17)12-26(4,23)24/h5-11,15H,12H2,1-4H3/t15-/m0/s1. The maximum atomic E-state index is 12.6. The van der Waals surface area contributed by atoms with Crippen molar-refractivity contribution in [3.63, 3.8) is 0 Å². The molecule has 0 N–H and O–H groups in total. The fourth-order valence-corrected chi connectivity index (χ4v) is 3.34. The van der Waals surface area contributed by atoms with Crippen LogP contribution in [0.3, 0.4) is 0 Å². The number of Topliss-reactive ketones (excluding diaryl/α,β-unsaturated/α-hetero) is 1. The number of ether oxygens (including phenoxy) is 1. The van der Waals surface area contributed by atoms with E-state index in [-0.39, 0.29) is 17.1 Å². The highest BCUT2D eigenvalue weighted by molar-refractivity contribution is 7.89. The van der Waals surface area contributed by atoms with Gasteiger partial charge in [-0.05, 0) is 50.1 Å². The van der Waals surface area contributed by atoms with Crippen molar-refractivity contribution in [1.82, 2.24) is 0 Å². The average molecular weight is 374 g/mol. The van der Waals surface area contributed by atoms with Gasteiger partial charge in [0.05, 0.1) is 11.3 Å². The van der Waals surface area contributed by atoms with Gasteiger partial charge in [-0.15, -0.1) is 0 Å². The number of ketones is 1. The van der Waals surface area contributed by atoms with Gasteiger partial charge in [-0.1, -0.05) is 29.8 Å². The molecule has 0 spiro atoms. The Kier molecular flexibility index (Phi) is 5.97. The maximum absolute atomic E-state index is 12.6. The third kappa shape index (κ3) is 5.26. The van der Waals surface area contributed by atoms with Gasteiger partial charge in [0.25, 0.3) is 0 Å². The largest absolute Gasteiger partial charge is 0.451 e. The Hall–Kier alpha value is -2.47. The summed E-state index contributed by atoms with van der Waals surface area (Å²) in [5.74, 6) is -0.973. The smallest absolute Gasteiger partial charge is 0.338 e. The van der Waals surface area contributed by atoms with E-state index >= 15 is 0 Å². The summed E-state index contributed by atoms with van der Waals surface area (Å²) < 4.78 is 27.9. The Morgan fingerprint density at radius 1 is 1.04 bits per heavy atom. The molecular formula is C20H22O5S. The van der Waals surface area contributed by atoms with Gasteiger partial charge in [0.15, 0.2) is 15.9 Å². The Bertz CT molecular complexity index is 927. The summed E-state index contributed by atoms with van der Waals surface area (Å²) in [5, 5.41) is 0. The molecule has 0 bridgehead atoms. The summed E-state index contributed by atoms with van der Waals surface area (Å²) in [4.78, 5) is 24.8. The van der Waals surface area contributed by atoms with E-state index in [9.17, 15) is 18.0 Å². The van der Waals surface area contributed by atoms with Crippen LogP contribution >= 0.6 is 0 Å². The van der Waals surface area contributed by atoms with Crippen molar-refractivity contribution in [3.8, 4) is 0 Å². The van der Waals surface area contributed by atoms with Crippen LogP contribution in [0.2, 0.25) is 0 Å². The van der Waals surface area contributed by atoms with Crippen molar-refractivity contribution in [2.45, 2.75) is 32.6 Å². The van der Waals surface area contributed by atoms with E-state index in [2.05, 4.69) is 0 Å². The molecular weight excluding hydrogens is 352 g/mol. The molecule has 26 heavy (non-hydrogen) atoms.